The summed E-state index contributed by atoms with van der Waals surface area (Å²) in [5, 5.41) is 3.12. The van der Waals surface area contributed by atoms with Gasteiger partial charge in [-0.3, -0.25) is 4.79 Å². The van der Waals surface area contributed by atoms with Gasteiger partial charge in [-0.15, -0.1) is 0 Å². The van der Waals surface area contributed by atoms with Gasteiger partial charge >= 0.3 is 0 Å². The lowest BCUT2D eigenvalue weighted by Gasteiger charge is -2.55. The third kappa shape index (κ3) is 3.27. The average molecular weight is 272 g/mol. The Morgan fingerprint density at radius 1 is 1.42 bits per heavy atom. The third-order valence-electron chi connectivity index (χ3n) is 4.73. The highest BCUT2D eigenvalue weighted by Crippen LogP contribution is 2.48. The lowest BCUT2D eigenvalue weighted by molar-refractivity contribution is -0.142. The molecule has 0 radical (unpaired) electrons. The van der Waals surface area contributed by atoms with Crippen LogP contribution >= 0.6 is 0 Å². The molecule has 3 N–H and O–H groups in total. The van der Waals surface area contributed by atoms with Crippen molar-refractivity contribution in [2.75, 3.05) is 20.8 Å². The predicted molar refractivity (Wildman–Crippen MR) is 74.8 cm³/mol. The number of ether oxygens (including phenoxy) is 2. The highest BCUT2D eigenvalue weighted by molar-refractivity contribution is 5.77. The van der Waals surface area contributed by atoms with Crippen LogP contribution < -0.4 is 11.1 Å². The molecule has 1 amide bonds. The zero-order valence-electron chi connectivity index (χ0n) is 12.6. The van der Waals surface area contributed by atoms with E-state index in [1.807, 2.05) is 0 Å². The van der Waals surface area contributed by atoms with Crippen molar-refractivity contribution in [3.05, 3.63) is 0 Å². The monoisotopic (exact) mass is 272 g/mol. The Hall–Kier alpha value is -0.650. The molecular formula is C14H28N2O3. The van der Waals surface area contributed by atoms with Crippen molar-refractivity contribution in [3.8, 4) is 0 Å². The fourth-order valence-corrected chi connectivity index (χ4v) is 3.20. The largest absolute Gasteiger partial charge is 0.381 e. The molecule has 0 aromatic heterocycles. The van der Waals surface area contributed by atoms with Gasteiger partial charge in [-0.05, 0) is 19.3 Å². The smallest absolute Gasteiger partial charge is 0.222 e. The van der Waals surface area contributed by atoms with Gasteiger partial charge in [0.05, 0.1) is 18.6 Å². The molecule has 0 heterocycles. The van der Waals surface area contributed by atoms with Crippen LogP contribution in [0.15, 0.2) is 0 Å². The van der Waals surface area contributed by atoms with Gasteiger partial charge in [0.25, 0.3) is 0 Å². The van der Waals surface area contributed by atoms with Crippen molar-refractivity contribution in [3.63, 3.8) is 0 Å². The fourth-order valence-electron chi connectivity index (χ4n) is 3.20. The number of carbonyl (C=O) groups excluding carboxylic acids is 1. The highest BCUT2D eigenvalue weighted by atomic mass is 16.5. The quantitative estimate of drug-likeness (QED) is 0.693. The summed E-state index contributed by atoms with van der Waals surface area (Å²) in [7, 11) is 3.33. The number of hydrogen-bond donors (Lipinski definition) is 2. The molecular weight excluding hydrogens is 244 g/mol. The summed E-state index contributed by atoms with van der Waals surface area (Å²) in [5.74, 6) is 0.0168. The molecule has 5 heteroatoms. The van der Waals surface area contributed by atoms with Crippen LogP contribution in [0.5, 0.6) is 0 Å². The molecule has 0 spiro atoms. The summed E-state index contributed by atoms with van der Waals surface area (Å²) in [6, 6.07) is 0.204. The first-order valence-electron chi connectivity index (χ1n) is 7.12. The molecule has 1 saturated carbocycles. The van der Waals surface area contributed by atoms with E-state index in [0.29, 0.717) is 13.0 Å². The highest BCUT2D eigenvalue weighted by Gasteiger charge is 2.53. The van der Waals surface area contributed by atoms with Crippen molar-refractivity contribution < 1.29 is 14.3 Å². The summed E-state index contributed by atoms with van der Waals surface area (Å²) in [6.45, 7) is 4.68. The lowest BCUT2D eigenvalue weighted by Crippen LogP contribution is -2.64. The van der Waals surface area contributed by atoms with Crippen molar-refractivity contribution in [1.82, 2.24) is 5.32 Å². The molecule has 1 fully saturated rings. The van der Waals surface area contributed by atoms with E-state index in [9.17, 15) is 4.79 Å². The van der Waals surface area contributed by atoms with Gasteiger partial charge in [-0.25, -0.2) is 0 Å². The summed E-state index contributed by atoms with van der Waals surface area (Å²) >= 11 is 0. The first kappa shape index (κ1) is 16.4. The van der Waals surface area contributed by atoms with Gasteiger partial charge in [0.15, 0.2) is 0 Å². The van der Waals surface area contributed by atoms with Gasteiger partial charge in [-0.2, -0.15) is 0 Å². The number of amides is 1. The Morgan fingerprint density at radius 3 is 2.47 bits per heavy atom. The normalized spacial score (nSPS) is 26.6. The number of nitrogens with two attached hydrogens (primary N) is 1. The molecule has 112 valence electrons. The Kier molecular flexibility index (Phi) is 6.23. The summed E-state index contributed by atoms with van der Waals surface area (Å²) in [4.78, 5) is 12.0. The van der Waals surface area contributed by atoms with E-state index in [-0.39, 0.29) is 29.6 Å². The molecule has 1 aliphatic carbocycles. The number of methoxy groups -OCH3 is 2. The van der Waals surface area contributed by atoms with Gasteiger partial charge in [-0.1, -0.05) is 13.8 Å². The van der Waals surface area contributed by atoms with E-state index in [0.717, 1.165) is 19.3 Å². The molecule has 0 aliphatic heterocycles. The Morgan fingerprint density at radius 2 is 2.05 bits per heavy atom. The molecule has 5 nitrogen and oxygen atoms in total. The van der Waals surface area contributed by atoms with E-state index in [1.54, 1.807) is 14.2 Å². The summed E-state index contributed by atoms with van der Waals surface area (Å²) < 4.78 is 10.7. The lowest BCUT2D eigenvalue weighted by atomic mass is 9.58. The summed E-state index contributed by atoms with van der Waals surface area (Å²) in [5.41, 5.74) is 5.61. The Bertz CT molecular complexity index is 288. The van der Waals surface area contributed by atoms with Gasteiger partial charge in [0.2, 0.25) is 5.91 Å². The van der Waals surface area contributed by atoms with Crippen LogP contribution in [0.25, 0.3) is 0 Å². The maximum Gasteiger partial charge on any atom is 0.222 e. The molecule has 1 rings (SSSR count). The number of carbonyl (C=O) groups is 1. The van der Waals surface area contributed by atoms with Crippen LogP contribution in [0.3, 0.4) is 0 Å². The minimum absolute atomic E-state index is 0.0168. The van der Waals surface area contributed by atoms with E-state index < -0.39 is 0 Å². The van der Waals surface area contributed by atoms with E-state index in [2.05, 4.69) is 19.2 Å². The second kappa shape index (κ2) is 7.22. The third-order valence-corrected chi connectivity index (χ3v) is 4.73. The van der Waals surface area contributed by atoms with Gasteiger partial charge in [0, 0.05) is 32.2 Å². The summed E-state index contributed by atoms with van der Waals surface area (Å²) in [6.07, 6.45) is 3.29. The van der Waals surface area contributed by atoms with Crippen LogP contribution in [0.4, 0.5) is 0 Å². The maximum atomic E-state index is 12.0. The maximum absolute atomic E-state index is 12.0. The first-order chi connectivity index (χ1) is 9.07. The van der Waals surface area contributed by atoms with Crippen molar-refractivity contribution in [2.24, 2.45) is 11.1 Å². The zero-order valence-corrected chi connectivity index (χ0v) is 12.6. The van der Waals surface area contributed by atoms with Crippen LogP contribution in [0.2, 0.25) is 0 Å². The molecule has 0 bridgehead atoms. The number of hydrogen-bond acceptors (Lipinski definition) is 4. The van der Waals surface area contributed by atoms with E-state index >= 15 is 0 Å². The fraction of sp³-hybridized carbons (Fsp3) is 0.929. The Labute approximate surface area is 116 Å². The minimum atomic E-state index is -0.198. The van der Waals surface area contributed by atoms with Crippen molar-refractivity contribution >= 4 is 5.91 Å². The SMILES string of the molecule is CCC1(CC)C(NC(=O)CC(CN)OC)CC1OC. The van der Waals surface area contributed by atoms with Crippen LogP contribution in [-0.2, 0) is 14.3 Å². The molecule has 0 saturated heterocycles. The van der Waals surface area contributed by atoms with Gasteiger partial charge < -0.3 is 20.5 Å². The average Bonchev–Trinajstić information content (AvgIpc) is 2.41. The molecule has 1 aliphatic rings. The molecule has 3 atom stereocenters. The molecule has 3 unspecified atom stereocenters. The Balaban J connectivity index is 2.55. The standard InChI is InChI=1S/C14H28N2O3/c1-5-14(6-2)11(8-12(14)19-4)16-13(17)7-10(9-15)18-3/h10-12H,5-9,15H2,1-4H3,(H,16,17). The first-order valence-corrected chi connectivity index (χ1v) is 7.12. The zero-order chi connectivity index (χ0) is 14.5. The van der Waals surface area contributed by atoms with Crippen molar-refractivity contribution in [1.29, 1.82) is 0 Å². The second-order valence-corrected chi connectivity index (χ2v) is 5.32. The molecule has 0 aromatic carbocycles. The van der Waals surface area contributed by atoms with Gasteiger partial charge in [0.1, 0.15) is 0 Å². The minimum Gasteiger partial charge on any atom is -0.381 e. The second-order valence-electron chi connectivity index (χ2n) is 5.32. The topological polar surface area (TPSA) is 73.6 Å². The number of nitrogens with one attached hydrogen (secondary N) is 1. The number of rotatable bonds is 8. The van der Waals surface area contributed by atoms with Crippen molar-refractivity contribution in [2.45, 2.75) is 57.8 Å². The molecule has 19 heavy (non-hydrogen) atoms. The molecule has 0 aromatic rings. The van der Waals surface area contributed by atoms with Crippen LogP contribution in [-0.4, -0.2) is 44.9 Å². The van der Waals surface area contributed by atoms with Crippen LogP contribution in [0.1, 0.15) is 39.5 Å². The van der Waals surface area contributed by atoms with E-state index in [4.69, 9.17) is 15.2 Å². The predicted octanol–water partition coefficient (Wildman–Crippen LogP) is 1.06. The van der Waals surface area contributed by atoms with E-state index in [1.165, 1.54) is 0 Å². The van der Waals surface area contributed by atoms with Crippen LogP contribution in [0, 0.1) is 5.41 Å².